The highest BCUT2D eigenvalue weighted by Crippen LogP contribution is 2.42. The van der Waals surface area contributed by atoms with E-state index in [1.807, 2.05) is 31.3 Å². The molecule has 0 saturated carbocycles. The van der Waals surface area contributed by atoms with E-state index >= 15 is 0 Å². The number of amides is 1. The number of thiazole rings is 1. The molecule has 0 spiro atoms. The third-order valence-corrected chi connectivity index (χ3v) is 4.54. The van der Waals surface area contributed by atoms with Crippen LogP contribution in [0.4, 0.5) is 10.9 Å². The van der Waals surface area contributed by atoms with Gasteiger partial charge in [0.25, 0.3) is 0 Å². The molecule has 2 aromatic rings. The second-order valence-corrected chi connectivity index (χ2v) is 5.59. The number of nitrogens with one attached hydrogen (secondary N) is 2. The summed E-state index contributed by atoms with van der Waals surface area (Å²) in [5, 5.41) is 6.67. The maximum Gasteiger partial charge on any atom is 0.226 e. The molecule has 1 atom stereocenters. The minimum Gasteiger partial charge on any atom is -0.497 e. The predicted octanol–water partition coefficient (Wildman–Crippen LogP) is 2.67. The lowest BCUT2D eigenvalue weighted by molar-refractivity contribution is -0.116. The molecule has 0 fully saturated rings. The number of ether oxygens (including phenoxy) is 1. The molecule has 20 heavy (non-hydrogen) atoms. The number of fused-ring (bicyclic) bond motifs is 1. The van der Waals surface area contributed by atoms with Gasteiger partial charge in [0.15, 0.2) is 5.13 Å². The van der Waals surface area contributed by atoms with Gasteiger partial charge >= 0.3 is 0 Å². The van der Waals surface area contributed by atoms with E-state index in [0.717, 1.165) is 21.3 Å². The van der Waals surface area contributed by atoms with Crippen LogP contribution in [-0.4, -0.2) is 25.0 Å². The summed E-state index contributed by atoms with van der Waals surface area (Å²) in [5.41, 5.74) is 1.10. The lowest BCUT2D eigenvalue weighted by Crippen LogP contribution is -2.22. The number of carbonyl (C=O) groups is 1. The van der Waals surface area contributed by atoms with E-state index in [0.29, 0.717) is 12.2 Å². The summed E-state index contributed by atoms with van der Waals surface area (Å²) in [6.07, 6.45) is 0.449. The summed E-state index contributed by atoms with van der Waals surface area (Å²) in [5.74, 6) is 1.56. The van der Waals surface area contributed by atoms with Crippen molar-refractivity contribution in [3.63, 3.8) is 0 Å². The molecule has 1 aliphatic heterocycles. The summed E-state index contributed by atoms with van der Waals surface area (Å²) < 4.78 is 5.17. The normalized spacial score (nSPS) is 17.3. The van der Waals surface area contributed by atoms with Crippen molar-refractivity contribution in [1.29, 1.82) is 0 Å². The molecule has 0 bridgehead atoms. The van der Waals surface area contributed by atoms with Gasteiger partial charge in [-0.05, 0) is 17.7 Å². The van der Waals surface area contributed by atoms with Gasteiger partial charge in [0.2, 0.25) is 5.91 Å². The van der Waals surface area contributed by atoms with Crippen LogP contribution in [0, 0.1) is 0 Å². The number of nitrogens with zero attached hydrogens (tertiary/aromatic N) is 1. The first-order valence-electron chi connectivity index (χ1n) is 6.33. The molecule has 0 radical (unpaired) electrons. The van der Waals surface area contributed by atoms with Crippen LogP contribution >= 0.6 is 11.3 Å². The molecule has 0 aliphatic carbocycles. The fourth-order valence-corrected chi connectivity index (χ4v) is 3.33. The zero-order valence-electron chi connectivity index (χ0n) is 11.3. The van der Waals surface area contributed by atoms with Gasteiger partial charge in [-0.1, -0.05) is 23.5 Å². The molecule has 104 valence electrons. The molecule has 1 aromatic carbocycles. The summed E-state index contributed by atoms with van der Waals surface area (Å²) in [6, 6.07) is 7.85. The molecular weight excluding hydrogens is 274 g/mol. The van der Waals surface area contributed by atoms with Gasteiger partial charge in [-0.25, -0.2) is 4.98 Å². The van der Waals surface area contributed by atoms with Gasteiger partial charge in [0, 0.05) is 19.4 Å². The average Bonchev–Trinajstić information content (AvgIpc) is 2.89. The van der Waals surface area contributed by atoms with Crippen molar-refractivity contribution < 1.29 is 9.53 Å². The Balaban J connectivity index is 2.00. The average molecular weight is 289 g/mol. The van der Waals surface area contributed by atoms with Crippen molar-refractivity contribution in [1.82, 2.24) is 4.98 Å². The number of carbonyl (C=O) groups excluding carboxylic acids is 1. The molecule has 0 unspecified atom stereocenters. The molecule has 3 rings (SSSR count). The third kappa shape index (κ3) is 2.22. The highest BCUT2D eigenvalue weighted by molar-refractivity contribution is 7.16. The van der Waals surface area contributed by atoms with Crippen molar-refractivity contribution in [2.24, 2.45) is 0 Å². The standard InChI is InChI=1S/C14H15N3O2S/c1-15-14-17-13-12(20-14)10(7-11(18)16-13)8-3-5-9(19-2)6-4-8/h3-6,10H,7H2,1-2H3,(H,15,17)(H,16,18)/t10-/m0/s1. The number of hydrogen-bond acceptors (Lipinski definition) is 5. The Morgan fingerprint density at radius 3 is 2.80 bits per heavy atom. The van der Waals surface area contributed by atoms with Crippen molar-refractivity contribution in [2.45, 2.75) is 12.3 Å². The maximum absolute atomic E-state index is 11.8. The van der Waals surface area contributed by atoms with E-state index in [2.05, 4.69) is 15.6 Å². The summed E-state index contributed by atoms with van der Waals surface area (Å²) in [4.78, 5) is 17.3. The topological polar surface area (TPSA) is 63.3 Å². The van der Waals surface area contributed by atoms with Crippen LogP contribution in [0.25, 0.3) is 0 Å². The van der Waals surface area contributed by atoms with Gasteiger partial charge in [-0.2, -0.15) is 0 Å². The molecule has 5 nitrogen and oxygen atoms in total. The second-order valence-electron chi connectivity index (χ2n) is 4.56. The van der Waals surface area contributed by atoms with Crippen molar-refractivity contribution >= 4 is 28.2 Å². The van der Waals surface area contributed by atoms with E-state index in [4.69, 9.17) is 4.74 Å². The van der Waals surface area contributed by atoms with Gasteiger partial charge in [0.05, 0.1) is 12.0 Å². The van der Waals surface area contributed by atoms with Crippen LogP contribution in [0.5, 0.6) is 5.75 Å². The number of rotatable bonds is 3. The molecule has 1 amide bonds. The Morgan fingerprint density at radius 2 is 2.15 bits per heavy atom. The molecule has 2 N–H and O–H groups in total. The fourth-order valence-electron chi connectivity index (χ4n) is 2.33. The van der Waals surface area contributed by atoms with Crippen LogP contribution in [0.1, 0.15) is 22.8 Å². The summed E-state index contributed by atoms with van der Waals surface area (Å²) in [7, 11) is 3.47. The van der Waals surface area contributed by atoms with Gasteiger partial charge in [-0.15, -0.1) is 0 Å². The summed E-state index contributed by atoms with van der Waals surface area (Å²) in [6.45, 7) is 0. The Morgan fingerprint density at radius 1 is 1.40 bits per heavy atom. The molecule has 0 saturated heterocycles. The van der Waals surface area contributed by atoms with E-state index < -0.39 is 0 Å². The Labute approximate surface area is 121 Å². The van der Waals surface area contributed by atoms with Gasteiger partial charge < -0.3 is 15.4 Å². The van der Waals surface area contributed by atoms with Crippen molar-refractivity contribution in [2.75, 3.05) is 24.8 Å². The van der Waals surface area contributed by atoms with E-state index in [1.54, 1.807) is 18.4 Å². The summed E-state index contributed by atoms with van der Waals surface area (Å²) >= 11 is 1.58. The SMILES string of the molecule is CNc1nc2c(s1)[C@H](c1ccc(OC)cc1)CC(=O)N2. The highest BCUT2D eigenvalue weighted by atomic mass is 32.1. The zero-order valence-corrected chi connectivity index (χ0v) is 12.1. The molecule has 2 heterocycles. The first kappa shape index (κ1) is 12.9. The minimum atomic E-state index is 0.00581. The fraction of sp³-hybridized carbons (Fsp3) is 0.286. The second kappa shape index (κ2) is 5.13. The Bertz CT molecular complexity index is 636. The highest BCUT2D eigenvalue weighted by Gasteiger charge is 2.30. The van der Waals surface area contributed by atoms with Crippen LogP contribution in [-0.2, 0) is 4.79 Å². The predicted molar refractivity (Wildman–Crippen MR) is 79.7 cm³/mol. The first-order valence-corrected chi connectivity index (χ1v) is 7.15. The van der Waals surface area contributed by atoms with E-state index in [-0.39, 0.29) is 11.8 Å². The smallest absolute Gasteiger partial charge is 0.226 e. The van der Waals surface area contributed by atoms with Crippen molar-refractivity contribution in [3.05, 3.63) is 34.7 Å². The quantitative estimate of drug-likeness (QED) is 0.912. The lowest BCUT2D eigenvalue weighted by Gasteiger charge is -2.21. The van der Waals surface area contributed by atoms with Crippen LogP contribution in [0.15, 0.2) is 24.3 Å². The number of aromatic nitrogens is 1. The number of hydrogen-bond donors (Lipinski definition) is 2. The Hall–Kier alpha value is -2.08. The largest absolute Gasteiger partial charge is 0.497 e. The van der Waals surface area contributed by atoms with Crippen molar-refractivity contribution in [3.8, 4) is 5.75 Å². The minimum absolute atomic E-state index is 0.00581. The zero-order chi connectivity index (χ0) is 14.1. The van der Waals surface area contributed by atoms with Crippen LogP contribution < -0.4 is 15.4 Å². The Kier molecular flexibility index (Phi) is 3.31. The maximum atomic E-state index is 11.8. The molecule has 1 aliphatic rings. The third-order valence-electron chi connectivity index (χ3n) is 3.35. The van der Waals surface area contributed by atoms with E-state index in [1.165, 1.54) is 0 Å². The molecule has 6 heteroatoms. The number of methoxy groups -OCH3 is 1. The van der Waals surface area contributed by atoms with Crippen LogP contribution in [0.3, 0.4) is 0 Å². The molecule has 1 aromatic heterocycles. The first-order chi connectivity index (χ1) is 9.71. The van der Waals surface area contributed by atoms with Gasteiger partial charge in [0.1, 0.15) is 11.6 Å². The van der Waals surface area contributed by atoms with E-state index in [9.17, 15) is 4.79 Å². The van der Waals surface area contributed by atoms with Gasteiger partial charge in [-0.3, -0.25) is 4.79 Å². The number of benzene rings is 1. The molecular formula is C14H15N3O2S. The lowest BCUT2D eigenvalue weighted by atomic mass is 9.91. The number of anilines is 2. The monoisotopic (exact) mass is 289 g/mol. The van der Waals surface area contributed by atoms with Crippen LogP contribution in [0.2, 0.25) is 0 Å².